The lowest BCUT2D eigenvalue weighted by Gasteiger charge is -2.10. The van der Waals surface area contributed by atoms with E-state index in [9.17, 15) is 9.59 Å². The van der Waals surface area contributed by atoms with Gasteiger partial charge in [-0.3, -0.25) is 9.59 Å². The van der Waals surface area contributed by atoms with E-state index in [1.165, 1.54) is 6.33 Å². The molecule has 8 nitrogen and oxygen atoms in total. The Balaban J connectivity index is 1.54. The summed E-state index contributed by atoms with van der Waals surface area (Å²) in [6, 6.07) is 14.1. The van der Waals surface area contributed by atoms with Crippen molar-refractivity contribution in [3.63, 3.8) is 0 Å². The Bertz CT molecular complexity index is 1240. The molecule has 0 saturated heterocycles. The molecular formula is C21H17N3O5. The molecule has 146 valence electrons. The van der Waals surface area contributed by atoms with Crippen LogP contribution in [0.5, 0.6) is 17.2 Å². The summed E-state index contributed by atoms with van der Waals surface area (Å²) in [7, 11) is 1.57. The molecular weight excluding hydrogens is 374 g/mol. The fourth-order valence-electron chi connectivity index (χ4n) is 2.96. The number of hydrogen-bond acceptors (Lipinski definition) is 6. The Kier molecular flexibility index (Phi) is 4.74. The van der Waals surface area contributed by atoms with Crippen molar-refractivity contribution in [2.45, 2.75) is 6.92 Å². The van der Waals surface area contributed by atoms with Gasteiger partial charge in [0.25, 0.3) is 11.5 Å². The molecule has 29 heavy (non-hydrogen) atoms. The van der Waals surface area contributed by atoms with Crippen molar-refractivity contribution in [1.82, 2.24) is 9.97 Å². The SMILES string of the molecule is COc1ccccc1Oc1ccc(NC(=O)c2c(C)oc3nc[nH]c(=O)c23)cc1. The van der Waals surface area contributed by atoms with Gasteiger partial charge in [0.05, 0.1) is 19.0 Å². The van der Waals surface area contributed by atoms with Gasteiger partial charge in [0.1, 0.15) is 16.9 Å². The van der Waals surface area contributed by atoms with Gasteiger partial charge in [-0.2, -0.15) is 0 Å². The predicted octanol–water partition coefficient (Wildman–Crippen LogP) is 3.88. The number of carbonyl (C=O) groups is 1. The molecule has 0 aliphatic heterocycles. The maximum atomic E-state index is 12.7. The van der Waals surface area contributed by atoms with Crippen LogP contribution in [0.25, 0.3) is 11.1 Å². The molecule has 0 unspecified atom stereocenters. The molecule has 4 aromatic rings. The minimum atomic E-state index is -0.460. The second kappa shape index (κ2) is 7.51. The maximum absolute atomic E-state index is 12.7. The van der Waals surface area contributed by atoms with E-state index in [2.05, 4.69) is 15.3 Å². The third-order valence-electron chi connectivity index (χ3n) is 4.31. The van der Waals surface area contributed by atoms with Crippen molar-refractivity contribution in [3.05, 3.63) is 76.5 Å². The van der Waals surface area contributed by atoms with Crippen LogP contribution >= 0.6 is 0 Å². The number of aryl methyl sites for hydroxylation is 1. The zero-order valence-electron chi connectivity index (χ0n) is 15.7. The highest BCUT2D eigenvalue weighted by Gasteiger charge is 2.21. The number of fused-ring (bicyclic) bond motifs is 1. The quantitative estimate of drug-likeness (QED) is 0.535. The highest BCUT2D eigenvalue weighted by atomic mass is 16.5. The molecule has 0 aliphatic carbocycles. The number of benzene rings is 2. The number of rotatable bonds is 5. The number of hydrogen-bond donors (Lipinski definition) is 2. The molecule has 0 fully saturated rings. The highest BCUT2D eigenvalue weighted by Crippen LogP contribution is 2.31. The van der Waals surface area contributed by atoms with Crippen molar-refractivity contribution >= 4 is 22.7 Å². The van der Waals surface area contributed by atoms with Gasteiger partial charge in [0.15, 0.2) is 11.5 Å². The largest absolute Gasteiger partial charge is 0.493 e. The van der Waals surface area contributed by atoms with Crippen LogP contribution in [0.2, 0.25) is 0 Å². The average Bonchev–Trinajstić information content (AvgIpc) is 3.07. The number of ether oxygens (including phenoxy) is 2. The summed E-state index contributed by atoms with van der Waals surface area (Å²) in [6.45, 7) is 1.61. The molecule has 2 N–H and O–H groups in total. The highest BCUT2D eigenvalue weighted by molar-refractivity contribution is 6.12. The second-order valence-electron chi connectivity index (χ2n) is 6.18. The zero-order chi connectivity index (χ0) is 20.4. The summed E-state index contributed by atoms with van der Waals surface area (Å²) in [5, 5.41) is 2.88. The van der Waals surface area contributed by atoms with E-state index < -0.39 is 11.5 Å². The predicted molar refractivity (Wildman–Crippen MR) is 107 cm³/mol. The van der Waals surface area contributed by atoms with Crippen LogP contribution in [0.15, 0.2) is 64.1 Å². The number of para-hydroxylation sites is 2. The zero-order valence-corrected chi connectivity index (χ0v) is 15.7. The van der Waals surface area contributed by atoms with Crippen LogP contribution in [0.3, 0.4) is 0 Å². The van der Waals surface area contributed by atoms with Gasteiger partial charge in [-0.1, -0.05) is 12.1 Å². The molecule has 4 rings (SSSR count). The summed E-state index contributed by atoms with van der Waals surface area (Å²) >= 11 is 0. The topological polar surface area (TPSA) is 106 Å². The monoisotopic (exact) mass is 391 g/mol. The first-order valence-electron chi connectivity index (χ1n) is 8.76. The van der Waals surface area contributed by atoms with Crippen LogP contribution in [-0.2, 0) is 0 Å². The van der Waals surface area contributed by atoms with Crippen molar-refractivity contribution < 1.29 is 18.7 Å². The summed E-state index contributed by atoms with van der Waals surface area (Å²) in [5.41, 5.74) is 0.384. The fraction of sp³-hybridized carbons (Fsp3) is 0.0952. The Hall–Kier alpha value is -4.07. The van der Waals surface area contributed by atoms with E-state index in [0.717, 1.165) is 0 Å². The van der Waals surface area contributed by atoms with Crippen molar-refractivity contribution in [2.24, 2.45) is 0 Å². The average molecular weight is 391 g/mol. The number of nitrogens with zero attached hydrogens (tertiary/aromatic N) is 1. The van der Waals surface area contributed by atoms with E-state index in [0.29, 0.717) is 28.7 Å². The van der Waals surface area contributed by atoms with Gasteiger partial charge in [-0.15, -0.1) is 0 Å². The lowest BCUT2D eigenvalue weighted by atomic mass is 10.1. The number of nitrogens with one attached hydrogen (secondary N) is 2. The molecule has 2 aromatic heterocycles. The van der Waals surface area contributed by atoms with Gasteiger partial charge >= 0.3 is 0 Å². The Morgan fingerprint density at radius 2 is 1.83 bits per heavy atom. The van der Waals surface area contributed by atoms with Crippen LogP contribution in [0.1, 0.15) is 16.1 Å². The number of methoxy groups -OCH3 is 1. The number of furan rings is 1. The number of anilines is 1. The molecule has 0 saturated carbocycles. The normalized spacial score (nSPS) is 10.7. The number of aromatic amines is 1. The standard InChI is InChI=1S/C21H17N3O5/c1-12-17(18-19(25)22-11-23-21(18)28-12)20(26)24-13-7-9-14(10-8-13)29-16-6-4-3-5-15(16)27-2/h3-11H,1-2H3,(H,24,26)(H,22,23,25). The third-order valence-corrected chi connectivity index (χ3v) is 4.31. The van der Waals surface area contributed by atoms with Crippen LogP contribution in [0, 0.1) is 6.92 Å². The van der Waals surface area contributed by atoms with Gasteiger partial charge in [-0.05, 0) is 43.3 Å². The summed E-state index contributed by atoms with van der Waals surface area (Å²) in [4.78, 5) is 31.2. The van der Waals surface area contributed by atoms with Gasteiger partial charge in [0, 0.05) is 5.69 Å². The molecule has 0 radical (unpaired) electrons. The van der Waals surface area contributed by atoms with E-state index in [4.69, 9.17) is 13.9 Å². The molecule has 1 amide bonds. The first-order chi connectivity index (χ1) is 14.1. The van der Waals surface area contributed by atoms with E-state index in [-0.39, 0.29) is 16.7 Å². The van der Waals surface area contributed by atoms with E-state index >= 15 is 0 Å². The summed E-state index contributed by atoms with van der Waals surface area (Å²) in [6.07, 6.45) is 1.23. The molecule has 0 spiro atoms. The Morgan fingerprint density at radius 3 is 2.55 bits per heavy atom. The van der Waals surface area contributed by atoms with Crippen molar-refractivity contribution in [1.29, 1.82) is 0 Å². The Labute approximate surface area is 165 Å². The summed E-state index contributed by atoms with van der Waals surface area (Å²) < 4.78 is 16.5. The number of amides is 1. The molecule has 0 bridgehead atoms. The number of H-pyrrole nitrogens is 1. The van der Waals surface area contributed by atoms with Crippen molar-refractivity contribution in [2.75, 3.05) is 12.4 Å². The first-order valence-corrected chi connectivity index (χ1v) is 8.76. The number of carbonyl (C=O) groups excluding carboxylic acids is 1. The smallest absolute Gasteiger partial charge is 0.262 e. The minimum Gasteiger partial charge on any atom is -0.493 e. The van der Waals surface area contributed by atoms with Crippen LogP contribution < -0.4 is 20.3 Å². The Morgan fingerprint density at radius 1 is 1.10 bits per heavy atom. The fourth-order valence-corrected chi connectivity index (χ4v) is 2.96. The minimum absolute atomic E-state index is 0.122. The third kappa shape index (κ3) is 3.55. The molecule has 8 heteroatoms. The lowest BCUT2D eigenvalue weighted by Crippen LogP contribution is -2.16. The van der Waals surface area contributed by atoms with E-state index in [1.807, 2.05) is 12.1 Å². The maximum Gasteiger partial charge on any atom is 0.262 e. The first kappa shape index (κ1) is 18.3. The summed E-state index contributed by atoms with van der Waals surface area (Å²) in [5.74, 6) is 1.64. The van der Waals surface area contributed by atoms with E-state index in [1.54, 1.807) is 50.4 Å². The number of aromatic nitrogens is 2. The van der Waals surface area contributed by atoms with Gasteiger partial charge in [0.2, 0.25) is 5.71 Å². The van der Waals surface area contributed by atoms with Crippen molar-refractivity contribution in [3.8, 4) is 17.2 Å². The molecule has 0 atom stereocenters. The second-order valence-corrected chi connectivity index (χ2v) is 6.18. The molecule has 0 aliphatic rings. The van der Waals surface area contributed by atoms with Crippen LogP contribution in [-0.4, -0.2) is 23.0 Å². The van der Waals surface area contributed by atoms with Crippen LogP contribution in [0.4, 0.5) is 5.69 Å². The van der Waals surface area contributed by atoms with Gasteiger partial charge < -0.3 is 24.2 Å². The van der Waals surface area contributed by atoms with Gasteiger partial charge in [-0.25, -0.2) is 4.98 Å². The lowest BCUT2D eigenvalue weighted by molar-refractivity contribution is 0.102. The molecule has 2 aromatic carbocycles. The molecule has 2 heterocycles.